The number of ether oxygens (including phenoxy) is 1. The van der Waals surface area contributed by atoms with Crippen molar-refractivity contribution in [3.63, 3.8) is 0 Å². The van der Waals surface area contributed by atoms with Crippen LogP contribution in [-0.2, 0) is 27.2 Å². The van der Waals surface area contributed by atoms with Crippen LogP contribution in [0.4, 0.5) is 5.00 Å². The zero-order valence-corrected chi connectivity index (χ0v) is 17.1. The molecule has 1 aliphatic rings. The summed E-state index contributed by atoms with van der Waals surface area (Å²) in [6, 6.07) is 3.70. The lowest BCUT2D eigenvalue weighted by atomic mass is 10.1. The Kier molecular flexibility index (Phi) is 6.94. The average Bonchev–Trinajstić information content (AvgIpc) is 3.24. The van der Waals surface area contributed by atoms with E-state index in [4.69, 9.17) is 4.74 Å². The van der Waals surface area contributed by atoms with Gasteiger partial charge in [0.1, 0.15) is 5.00 Å². The molecule has 3 rings (SSSR count). The number of nitrogens with one attached hydrogen (secondary N) is 2. The topological polar surface area (TPSA) is 96.9 Å². The number of rotatable bonds is 5. The highest BCUT2D eigenvalue weighted by atomic mass is 32.1. The van der Waals surface area contributed by atoms with Gasteiger partial charge in [0.25, 0.3) is 0 Å². The molecular formula is C19H21N3O4S2. The molecule has 0 aromatic carbocycles. The van der Waals surface area contributed by atoms with E-state index < -0.39 is 17.8 Å². The number of amides is 2. The molecule has 0 saturated heterocycles. The van der Waals surface area contributed by atoms with Gasteiger partial charge in [0.2, 0.25) is 0 Å². The molecule has 0 spiro atoms. The third-order valence-corrected chi connectivity index (χ3v) is 6.25. The summed E-state index contributed by atoms with van der Waals surface area (Å²) in [5.74, 6) is -2.23. The number of aryl methyl sites for hydroxylation is 1. The monoisotopic (exact) mass is 419 g/mol. The number of hydrazone groups is 1. The third kappa shape index (κ3) is 4.85. The standard InChI is InChI=1S/C19H21N3O4S2/c1-2-26-19(25)15-13-8-4-3-5-9-14(13)28-18(15)21-16(23)17(24)22-20-11-12-7-6-10-27-12/h6-7,10-11H,2-5,8-9H2,1H3,(H,21,23)(H,22,24). The van der Waals surface area contributed by atoms with Gasteiger partial charge in [-0.15, -0.1) is 22.7 Å². The number of hydrogen-bond acceptors (Lipinski definition) is 7. The molecule has 7 nitrogen and oxygen atoms in total. The highest BCUT2D eigenvalue weighted by Gasteiger charge is 2.27. The Bertz CT molecular complexity index is 887. The summed E-state index contributed by atoms with van der Waals surface area (Å²) in [5.41, 5.74) is 3.52. The summed E-state index contributed by atoms with van der Waals surface area (Å²) < 4.78 is 5.18. The van der Waals surface area contributed by atoms with Crippen molar-refractivity contribution in [1.82, 2.24) is 5.43 Å². The Morgan fingerprint density at radius 3 is 2.79 bits per heavy atom. The van der Waals surface area contributed by atoms with Crippen LogP contribution in [0.15, 0.2) is 22.6 Å². The van der Waals surface area contributed by atoms with Crippen molar-refractivity contribution < 1.29 is 19.1 Å². The summed E-state index contributed by atoms with van der Waals surface area (Å²) in [6.45, 7) is 1.98. The average molecular weight is 420 g/mol. The van der Waals surface area contributed by atoms with Gasteiger partial charge >= 0.3 is 17.8 Å². The van der Waals surface area contributed by atoms with Crippen molar-refractivity contribution in [3.8, 4) is 0 Å². The molecular weight excluding hydrogens is 398 g/mol. The van der Waals surface area contributed by atoms with E-state index in [1.807, 2.05) is 17.5 Å². The van der Waals surface area contributed by atoms with Crippen LogP contribution in [0.3, 0.4) is 0 Å². The van der Waals surface area contributed by atoms with Crippen LogP contribution in [0.1, 0.15) is 51.9 Å². The molecule has 148 valence electrons. The Morgan fingerprint density at radius 2 is 2.04 bits per heavy atom. The molecule has 2 aromatic heterocycles. The van der Waals surface area contributed by atoms with E-state index in [2.05, 4.69) is 15.8 Å². The fourth-order valence-corrected chi connectivity index (χ4v) is 4.84. The maximum Gasteiger partial charge on any atom is 0.341 e. The first-order valence-corrected chi connectivity index (χ1v) is 10.8. The minimum Gasteiger partial charge on any atom is -0.462 e. The van der Waals surface area contributed by atoms with E-state index >= 15 is 0 Å². The normalized spacial score (nSPS) is 13.6. The van der Waals surface area contributed by atoms with Crippen molar-refractivity contribution >= 4 is 51.7 Å². The van der Waals surface area contributed by atoms with Crippen molar-refractivity contribution in [3.05, 3.63) is 38.4 Å². The van der Waals surface area contributed by atoms with E-state index in [-0.39, 0.29) is 6.61 Å². The molecule has 2 aromatic rings. The van der Waals surface area contributed by atoms with Gasteiger partial charge < -0.3 is 10.1 Å². The number of nitrogens with zero attached hydrogens (tertiary/aromatic N) is 1. The van der Waals surface area contributed by atoms with Crippen LogP contribution in [0.5, 0.6) is 0 Å². The van der Waals surface area contributed by atoms with Crippen LogP contribution >= 0.6 is 22.7 Å². The Hall–Kier alpha value is -2.52. The smallest absolute Gasteiger partial charge is 0.341 e. The van der Waals surface area contributed by atoms with Gasteiger partial charge in [0, 0.05) is 9.75 Å². The fraction of sp³-hybridized carbons (Fsp3) is 0.368. The molecule has 0 bridgehead atoms. The van der Waals surface area contributed by atoms with Gasteiger partial charge in [-0.2, -0.15) is 5.10 Å². The van der Waals surface area contributed by atoms with Gasteiger partial charge in [-0.1, -0.05) is 12.5 Å². The van der Waals surface area contributed by atoms with Crippen molar-refractivity contribution in [2.45, 2.75) is 39.0 Å². The number of fused-ring (bicyclic) bond motifs is 1. The zero-order valence-electron chi connectivity index (χ0n) is 15.4. The van der Waals surface area contributed by atoms with E-state index in [9.17, 15) is 14.4 Å². The summed E-state index contributed by atoms with van der Waals surface area (Å²) in [6.07, 6.45) is 6.23. The first-order chi connectivity index (χ1) is 13.6. The zero-order chi connectivity index (χ0) is 19.9. The Labute approximate surface area is 170 Å². The molecule has 0 radical (unpaired) electrons. The SMILES string of the molecule is CCOC(=O)c1c(NC(=O)C(=O)NN=Cc2cccs2)sc2c1CCCCC2. The first-order valence-electron chi connectivity index (χ1n) is 9.09. The van der Waals surface area contributed by atoms with Crippen molar-refractivity contribution in [1.29, 1.82) is 0 Å². The lowest BCUT2D eigenvalue weighted by molar-refractivity contribution is -0.136. The Morgan fingerprint density at radius 1 is 1.21 bits per heavy atom. The van der Waals surface area contributed by atoms with Gasteiger partial charge in [-0.05, 0) is 49.6 Å². The van der Waals surface area contributed by atoms with E-state index in [1.54, 1.807) is 6.92 Å². The molecule has 2 amide bonds. The predicted molar refractivity (Wildman–Crippen MR) is 110 cm³/mol. The summed E-state index contributed by atoms with van der Waals surface area (Å²) in [5, 5.41) is 8.59. The van der Waals surface area contributed by atoms with E-state index in [0.717, 1.165) is 47.4 Å². The molecule has 2 N–H and O–H groups in total. The Balaban J connectivity index is 1.74. The molecule has 0 atom stereocenters. The van der Waals surface area contributed by atoms with Crippen molar-refractivity contribution in [2.75, 3.05) is 11.9 Å². The number of hydrogen-bond donors (Lipinski definition) is 2. The van der Waals surface area contributed by atoms with Crippen LogP contribution in [0.2, 0.25) is 0 Å². The molecule has 9 heteroatoms. The number of thiophene rings is 2. The second kappa shape index (κ2) is 9.61. The van der Waals surface area contributed by atoms with Gasteiger partial charge in [0.15, 0.2) is 0 Å². The molecule has 1 aliphatic carbocycles. The van der Waals surface area contributed by atoms with Crippen LogP contribution in [0.25, 0.3) is 0 Å². The molecule has 2 heterocycles. The number of carbonyl (C=O) groups excluding carboxylic acids is 3. The minimum absolute atomic E-state index is 0.245. The lowest BCUT2D eigenvalue weighted by Crippen LogP contribution is -2.32. The highest BCUT2D eigenvalue weighted by Crippen LogP contribution is 2.38. The molecule has 0 saturated carbocycles. The molecule has 0 aliphatic heterocycles. The third-order valence-electron chi connectivity index (χ3n) is 4.24. The first kappa shape index (κ1) is 20.2. The number of esters is 1. The van der Waals surface area contributed by atoms with Gasteiger partial charge in [-0.3, -0.25) is 9.59 Å². The van der Waals surface area contributed by atoms with Crippen LogP contribution in [0, 0.1) is 0 Å². The molecule has 0 unspecified atom stereocenters. The molecule has 0 fully saturated rings. The second-order valence-electron chi connectivity index (χ2n) is 6.16. The quantitative estimate of drug-likeness (QED) is 0.255. The van der Waals surface area contributed by atoms with Crippen molar-refractivity contribution in [2.24, 2.45) is 5.10 Å². The maximum atomic E-state index is 12.5. The van der Waals surface area contributed by atoms with Gasteiger partial charge in [0.05, 0.1) is 18.4 Å². The fourth-order valence-electron chi connectivity index (χ4n) is 2.98. The number of anilines is 1. The van der Waals surface area contributed by atoms with Crippen LogP contribution in [-0.4, -0.2) is 30.6 Å². The minimum atomic E-state index is -0.897. The largest absolute Gasteiger partial charge is 0.462 e. The van der Waals surface area contributed by atoms with Crippen LogP contribution < -0.4 is 10.7 Å². The summed E-state index contributed by atoms with van der Waals surface area (Å²) in [4.78, 5) is 38.7. The number of carbonyl (C=O) groups is 3. The summed E-state index contributed by atoms with van der Waals surface area (Å²) in [7, 11) is 0. The maximum absolute atomic E-state index is 12.5. The predicted octanol–water partition coefficient (Wildman–Crippen LogP) is 3.34. The van der Waals surface area contributed by atoms with E-state index in [1.165, 1.54) is 28.9 Å². The lowest BCUT2D eigenvalue weighted by Gasteiger charge is -2.08. The highest BCUT2D eigenvalue weighted by molar-refractivity contribution is 7.17. The second-order valence-corrected chi connectivity index (χ2v) is 8.24. The van der Waals surface area contributed by atoms with E-state index in [0.29, 0.717) is 10.6 Å². The molecule has 28 heavy (non-hydrogen) atoms. The van der Waals surface area contributed by atoms with Gasteiger partial charge in [-0.25, -0.2) is 10.2 Å². The summed E-state index contributed by atoms with van der Waals surface area (Å²) >= 11 is 2.81.